The van der Waals surface area contributed by atoms with Crippen molar-refractivity contribution in [2.45, 2.75) is 59.4 Å². The van der Waals surface area contributed by atoms with E-state index in [9.17, 15) is 14.0 Å². The number of carbonyl (C=O) groups excluding carboxylic acids is 2. The summed E-state index contributed by atoms with van der Waals surface area (Å²) in [5, 5.41) is 0. The number of rotatable bonds is 6. The normalized spacial score (nSPS) is 19.8. The van der Waals surface area contributed by atoms with Crippen LogP contribution in [0.1, 0.15) is 63.9 Å². The van der Waals surface area contributed by atoms with E-state index in [2.05, 4.69) is 0 Å². The van der Waals surface area contributed by atoms with E-state index in [1.54, 1.807) is 45.1 Å². The summed E-state index contributed by atoms with van der Waals surface area (Å²) in [6.45, 7) is 10.9. The minimum Gasteiger partial charge on any atom is -0.294 e. The van der Waals surface area contributed by atoms with Crippen LogP contribution >= 0.6 is 11.8 Å². The van der Waals surface area contributed by atoms with E-state index in [1.807, 2.05) is 20.8 Å². The van der Waals surface area contributed by atoms with Gasteiger partial charge in [0.05, 0.1) is 0 Å². The van der Waals surface area contributed by atoms with E-state index in [0.717, 1.165) is 0 Å². The number of allylic oxidation sites excluding steroid dienone is 4. The first kappa shape index (κ1) is 23.5. The third-order valence-corrected chi connectivity index (χ3v) is 5.96. The van der Waals surface area contributed by atoms with E-state index >= 15 is 4.39 Å². The van der Waals surface area contributed by atoms with Crippen LogP contribution in [0, 0.1) is 16.6 Å². The van der Waals surface area contributed by atoms with E-state index in [4.69, 9.17) is 0 Å². The van der Waals surface area contributed by atoms with Crippen LogP contribution in [0.2, 0.25) is 0 Å². The molecule has 0 radical (unpaired) electrons. The molecule has 1 unspecified atom stereocenters. The van der Waals surface area contributed by atoms with Crippen LogP contribution in [-0.2, 0) is 10.5 Å². The van der Waals surface area contributed by atoms with Crippen LogP contribution in [0.5, 0.6) is 0 Å². The molecule has 29 heavy (non-hydrogen) atoms. The molecule has 0 heterocycles. The Morgan fingerprint density at radius 2 is 1.69 bits per heavy atom. The third-order valence-electron chi connectivity index (χ3n) is 4.76. The predicted molar refractivity (Wildman–Crippen MR) is 116 cm³/mol. The topological polar surface area (TPSA) is 34.1 Å². The molecule has 0 saturated heterocycles. The van der Waals surface area contributed by atoms with E-state index in [0.29, 0.717) is 22.5 Å². The first-order valence-electron chi connectivity index (χ1n) is 9.77. The summed E-state index contributed by atoms with van der Waals surface area (Å²) in [6, 6.07) is 4.50. The summed E-state index contributed by atoms with van der Waals surface area (Å²) in [5.41, 5.74) is -1.28. The van der Waals surface area contributed by atoms with Crippen molar-refractivity contribution in [1.29, 1.82) is 0 Å². The van der Waals surface area contributed by atoms with E-state index < -0.39 is 22.3 Å². The molecule has 0 bridgehead atoms. The van der Waals surface area contributed by atoms with Crippen LogP contribution < -0.4 is 0 Å². The highest BCUT2D eigenvalue weighted by Gasteiger charge is 2.31. The molecule has 2 nitrogen and oxygen atoms in total. The molecule has 0 spiro atoms. The number of ketones is 2. The number of halogens is 2. The maximum Gasteiger partial charge on any atom is 0.168 e. The fraction of sp³-hybridized carbons (Fsp3) is 0.500. The van der Waals surface area contributed by atoms with Crippen LogP contribution in [0.15, 0.2) is 42.0 Å². The second kappa shape index (κ2) is 8.55. The molecule has 2 rings (SSSR count). The smallest absolute Gasteiger partial charge is 0.168 e. The highest BCUT2D eigenvalue weighted by molar-refractivity contribution is 7.98. The van der Waals surface area contributed by atoms with Crippen molar-refractivity contribution < 1.29 is 18.4 Å². The minimum atomic E-state index is -1.55. The fourth-order valence-electron chi connectivity index (χ4n) is 2.93. The molecule has 1 aliphatic carbocycles. The number of benzene rings is 1. The summed E-state index contributed by atoms with van der Waals surface area (Å²) in [6.07, 6.45) is 4.79. The average Bonchev–Trinajstić information content (AvgIpc) is 2.61. The molecule has 1 aromatic carbocycles. The molecule has 0 saturated carbocycles. The summed E-state index contributed by atoms with van der Waals surface area (Å²) < 4.78 is 29.4. The molecule has 1 aromatic rings. The molecule has 0 aliphatic heterocycles. The Balaban J connectivity index is 1.95. The zero-order valence-corrected chi connectivity index (χ0v) is 18.9. The van der Waals surface area contributed by atoms with Crippen molar-refractivity contribution in [1.82, 2.24) is 0 Å². The Hall–Kier alpha value is -1.75. The van der Waals surface area contributed by atoms with Gasteiger partial charge in [0.15, 0.2) is 11.6 Å². The molecule has 5 heteroatoms. The molecule has 0 N–H and O–H groups in total. The van der Waals surface area contributed by atoms with Crippen molar-refractivity contribution in [3.05, 3.63) is 58.9 Å². The molecular weight excluding hydrogens is 390 g/mol. The Morgan fingerprint density at radius 3 is 2.17 bits per heavy atom. The predicted octanol–water partition coefficient (Wildman–Crippen LogP) is 6.50. The Bertz CT molecular complexity index is 857. The maximum atomic E-state index is 15.0. The van der Waals surface area contributed by atoms with Crippen LogP contribution in [0.4, 0.5) is 8.78 Å². The number of alkyl halides is 1. The monoisotopic (exact) mass is 420 g/mol. The lowest BCUT2D eigenvalue weighted by molar-refractivity contribution is -0.122. The number of carbonyl (C=O) groups is 2. The number of Topliss-reactive ketones (excluding diaryl/α,β-unsaturated/α-hetero) is 2. The van der Waals surface area contributed by atoms with Crippen LogP contribution in [0.3, 0.4) is 0 Å². The Morgan fingerprint density at radius 1 is 1.07 bits per heavy atom. The molecule has 1 aliphatic rings. The van der Waals surface area contributed by atoms with Crippen LogP contribution in [0.25, 0.3) is 0 Å². The summed E-state index contributed by atoms with van der Waals surface area (Å²) in [4.78, 5) is 24.6. The van der Waals surface area contributed by atoms with Crippen LogP contribution in [-0.4, -0.2) is 23.0 Å². The molecule has 0 fully saturated rings. The van der Waals surface area contributed by atoms with Crippen molar-refractivity contribution in [2.75, 3.05) is 5.75 Å². The van der Waals surface area contributed by atoms with Gasteiger partial charge >= 0.3 is 0 Å². The van der Waals surface area contributed by atoms with E-state index in [-0.39, 0.29) is 23.7 Å². The van der Waals surface area contributed by atoms with Gasteiger partial charge in [0.2, 0.25) is 0 Å². The van der Waals surface area contributed by atoms with Crippen molar-refractivity contribution in [3.8, 4) is 0 Å². The van der Waals surface area contributed by atoms with E-state index in [1.165, 1.54) is 23.9 Å². The molecule has 0 aromatic heterocycles. The van der Waals surface area contributed by atoms with Gasteiger partial charge in [0.25, 0.3) is 0 Å². The number of hydrogen-bond donors (Lipinski definition) is 0. The molecule has 158 valence electrons. The van der Waals surface area contributed by atoms with Gasteiger partial charge in [-0.15, -0.1) is 0 Å². The lowest BCUT2D eigenvalue weighted by Gasteiger charge is -2.25. The average molecular weight is 421 g/mol. The lowest BCUT2D eigenvalue weighted by Crippen LogP contribution is -2.28. The van der Waals surface area contributed by atoms with Crippen molar-refractivity contribution in [3.63, 3.8) is 0 Å². The highest BCUT2D eigenvalue weighted by atomic mass is 32.2. The SMILES string of the molecule is CC(C)(C)C(=O)C1=CCC(F)(CSCc2ccc(C(=O)C(C)(C)C)cc2F)C=C1. The Labute approximate surface area is 176 Å². The zero-order chi connectivity index (χ0) is 22.0. The fourth-order valence-corrected chi connectivity index (χ4v) is 4.04. The van der Waals surface area contributed by atoms with Gasteiger partial charge in [-0.1, -0.05) is 65.8 Å². The molecular formula is C24H30F2O2S. The van der Waals surface area contributed by atoms with Gasteiger partial charge in [-0.05, 0) is 17.7 Å². The first-order chi connectivity index (χ1) is 13.2. The highest BCUT2D eigenvalue weighted by Crippen LogP contribution is 2.33. The third kappa shape index (κ3) is 6.11. The second-order valence-corrected chi connectivity index (χ2v) is 10.7. The standard InChI is InChI=1S/C24H30F2O2S/c1-22(2,3)20(27)16-9-11-24(26,12-10-16)15-29-14-18-8-7-17(13-19(18)25)21(28)23(4,5)6/h7-11,13H,12,14-15H2,1-6H3. The van der Waals surface area contributed by atoms with Gasteiger partial charge in [-0.3, -0.25) is 9.59 Å². The Kier molecular flexibility index (Phi) is 6.93. The van der Waals surface area contributed by atoms with Gasteiger partial charge in [0.1, 0.15) is 11.5 Å². The summed E-state index contributed by atoms with van der Waals surface area (Å²) >= 11 is 1.30. The van der Waals surface area contributed by atoms with Gasteiger partial charge in [0, 0.05) is 39.9 Å². The zero-order valence-electron chi connectivity index (χ0n) is 18.1. The second-order valence-electron chi connectivity index (χ2n) is 9.69. The largest absolute Gasteiger partial charge is 0.294 e. The maximum absolute atomic E-state index is 15.0. The first-order valence-corrected chi connectivity index (χ1v) is 10.9. The lowest BCUT2D eigenvalue weighted by atomic mass is 9.83. The summed E-state index contributed by atoms with van der Waals surface area (Å²) in [7, 11) is 0. The number of thioether (sulfide) groups is 1. The quantitative estimate of drug-likeness (QED) is 0.493. The van der Waals surface area contributed by atoms with Gasteiger partial charge in [-0.2, -0.15) is 11.8 Å². The van der Waals surface area contributed by atoms with Crippen molar-refractivity contribution in [2.24, 2.45) is 10.8 Å². The summed E-state index contributed by atoms with van der Waals surface area (Å²) in [5.74, 6) is -0.0857. The van der Waals surface area contributed by atoms with Gasteiger partial charge in [-0.25, -0.2) is 8.78 Å². The van der Waals surface area contributed by atoms with Gasteiger partial charge < -0.3 is 0 Å². The molecule has 1 atom stereocenters. The van der Waals surface area contributed by atoms with Crippen molar-refractivity contribution >= 4 is 23.3 Å². The molecule has 0 amide bonds. The minimum absolute atomic E-state index is 0.00424. The number of hydrogen-bond acceptors (Lipinski definition) is 3.